The first-order valence-corrected chi connectivity index (χ1v) is 8.98. The zero-order valence-electron chi connectivity index (χ0n) is 15.2. The van der Waals surface area contributed by atoms with Gasteiger partial charge in [0, 0.05) is 16.4 Å². The topological polar surface area (TPSA) is 27.7 Å². The molecule has 0 amide bonds. The Labute approximate surface area is 152 Å². The highest BCUT2D eigenvalue weighted by Gasteiger charge is 2.47. The monoisotopic (exact) mass is 340 g/mol. The van der Waals surface area contributed by atoms with Gasteiger partial charge in [-0.05, 0) is 80.3 Å². The molecule has 26 heavy (non-hydrogen) atoms. The molecule has 126 valence electrons. The summed E-state index contributed by atoms with van der Waals surface area (Å²) in [6, 6.07) is 10.6. The third-order valence-electron chi connectivity index (χ3n) is 5.80. The molecule has 4 heteroatoms. The van der Waals surface area contributed by atoms with E-state index in [2.05, 4.69) is 58.0 Å². The Balaban J connectivity index is 1.79. The van der Waals surface area contributed by atoms with Crippen molar-refractivity contribution in [3.05, 3.63) is 52.6 Å². The number of rotatable bonds is 0. The van der Waals surface area contributed by atoms with Crippen molar-refractivity contribution in [1.29, 1.82) is 0 Å². The van der Waals surface area contributed by atoms with Crippen molar-refractivity contribution in [2.24, 2.45) is 0 Å². The molecule has 0 bridgehead atoms. The maximum Gasteiger partial charge on any atom is 0.270 e. The summed E-state index contributed by atoms with van der Waals surface area (Å²) in [6.07, 6.45) is 0. The van der Waals surface area contributed by atoms with Gasteiger partial charge in [0.05, 0.1) is 0 Å². The minimum Gasteiger partial charge on any atom is -0.458 e. The van der Waals surface area contributed by atoms with Crippen molar-refractivity contribution in [1.82, 2.24) is 0 Å². The fourth-order valence-electron chi connectivity index (χ4n) is 4.52. The summed E-state index contributed by atoms with van der Waals surface area (Å²) in [7, 11) is 0. The Kier molecular flexibility index (Phi) is 2.45. The molecule has 3 heterocycles. The summed E-state index contributed by atoms with van der Waals surface area (Å²) in [5.74, 6) is 5.42. The van der Waals surface area contributed by atoms with E-state index in [9.17, 15) is 0 Å². The first-order chi connectivity index (χ1) is 12.5. The number of benzene rings is 3. The first kappa shape index (κ1) is 14.3. The maximum absolute atomic E-state index is 6.41. The van der Waals surface area contributed by atoms with E-state index in [1.807, 2.05) is 0 Å². The normalized spacial score (nSPS) is 14.2. The summed E-state index contributed by atoms with van der Waals surface area (Å²) < 4.78 is 19.0. The Morgan fingerprint density at radius 1 is 0.577 bits per heavy atom. The van der Waals surface area contributed by atoms with Gasteiger partial charge in [0.15, 0.2) is 0 Å². The molecule has 3 aromatic carbocycles. The van der Waals surface area contributed by atoms with Crippen molar-refractivity contribution in [2.45, 2.75) is 27.7 Å². The van der Waals surface area contributed by atoms with Crippen LogP contribution in [0, 0.1) is 27.7 Å². The molecule has 3 nitrogen and oxygen atoms in total. The van der Waals surface area contributed by atoms with E-state index in [1.54, 1.807) is 0 Å². The van der Waals surface area contributed by atoms with E-state index in [1.165, 1.54) is 11.1 Å². The fourth-order valence-corrected chi connectivity index (χ4v) is 4.52. The number of ether oxygens (including phenoxy) is 3. The minimum absolute atomic E-state index is 0.103. The van der Waals surface area contributed by atoms with Gasteiger partial charge in [0.2, 0.25) is 0 Å². The molecule has 0 N–H and O–H groups in total. The molecule has 0 aliphatic carbocycles. The maximum atomic E-state index is 6.41. The van der Waals surface area contributed by atoms with Crippen LogP contribution in [0.2, 0.25) is 0 Å². The van der Waals surface area contributed by atoms with Gasteiger partial charge in [-0.2, -0.15) is 0 Å². The second kappa shape index (κ2) is 4.45. The Morgan fingerprint density at radius 3 is 1.58 bits per heavy atom. The second-order valence-corrected chi connectivity index (χ2v) is 7.65. The van der Waals surface area contributed by atoms with E-state index >= 15 is 0 Å². The Hall–Kier alpha value is -2.88. The van der Waals surface area contributed by atoms with Crippen LogP contribution in [0.1, 0.15) is 22.3 Å². The second-order valence-electron chi connectivity index (χ2n) is 7.65. The highest BCUT2D eigenvalue weighted by molar-refractivity contribution is 6.99. The molecule has 0 spiro atoms. The van der Waals surface area contributed by atoms with Gasteiger partial charge >= 0.3 is 0 Å². The molecule has 0 atom stereocenters. The van der Waals surface area contributed by atoms with Crippen LogP contribution in [0.5, 0.6) is 34.5 Å². The number of aryl methyl sites for hydroxylation is 3. The Bertz CT molecular complexity index is 1130. The van der Waals surface area contributed by atoms with Crippen molar-refractivity contribution in [3.63, 3.8) is 0 Å². The lowest BCUT2D eigenvalue weighted by molar-refractivity contribution is 0.440. The SMILES string of the molecule is Cc1cc2c3c(c1)Oc1cc(C)c(C)c4c1B3c1c(cc(C)cc1O4)O2. The highest BCUT2D eigenvalue weighted by atomic mass is 16.5. The standard InChI is InChI=1S/C22H17BO3/c1-10-5-14-19-15(6-10)25-18-9-12(3)13(4)22-21(18)23(19)20-16(24-14)7-11(2)8-17(20)26-22/h5-9H,1-4H3. The van der Waals surface area contributed by atoms with E-state index in [-0.39, 0.29) is 6.71 Å². The van der Waals surface area contributed by atoms with Crippen molar-refractivity contribution in [2.75, 3.05) is 0 Å². The lowest BCUT2D eigenvalue weighted by Gasteiger charge is -2.38. The molecule has 0 aromatic heterocycles. The molecule has 0 radical (unpaired) electrons. The van der Waals surface area contributed by atoms with Crippen LogP contribution in [-0.4, -0.2) is 6.71 Å². The van der Waals surface area contributed by atoms with E-state index < -0.39 is 0 Å². The molecule has 3 aliphatic heterocycles. The van der Waals surface area contributed by atoms with E-state index in [0.717, 1.165) is 62.0 Å². The van der Waals surface area contributed by atoms with Gasteiger partial charge in [-0.1, -0.05) is 0 Å². The van der Waals surface area contributed by atoms with Gasteiger partial charge in [-0.25, -0.2) is 0 Å². The minimum atomic E-state index is 0.103. The van der Waals surface area contributed by atoms with E-state index in [0.29, 0.717) is 0 Å². The van der Waals surface area contributed by atoms with Crippen LogP contribution in [0.15, 0.2) is 30.3 Å². The zero-order chi connectivity index (χ0) is 17.7. The molecule has 0 saturated heterocycles. The molecule has 0 saturated carbocycles. The van der Waals surface area contributed by atoms with Crippen LogP contribution >= 0.6 is 0 Å². The fraction of sp³-hybridized carbons (Fsp3) is 0.182. The van der Waals surface area contributed by atoms with Crippen LogP contribution in [0.25, 0.3) is 0 Å². The van der Waals surface area contributed by atoms with Crippen LogP contribution in [0.3, 0.4) is 0 Å². The van der Waals surface area contributed by atoms with Crippen LogP contribution in [0.4, 0.5) is 0 Å². The summed E-state index contributed by atoms with van der Waals surface area (Å²) in [5, 5.41) is 0. The quantitative estimate of drug-likeness (QED) is 0.394. The summed E-state index contributed by atoms with van der Waals surface area (Å²) in [5.41, 5.74) is 7.99. The largest absolute Gasteiger partial charge is 0.458 e. The predicted octanol–water partition coefficient (Wildman–Crippen LogP) is 3.75. The molecule has 0 fully saturated rings. The summed E-state index contributed by atoms with van der Waals surface area (Å²) >= 11 is 0. The van der Waals surface area contributed by atoms with Gasteiger partial charge in [0.25, 0.3) is 6.71 Å². The lowest BCUT2D eigenvalue weighted by atomic mass is 9.33. The Morgan fingerprint density at radius 2 is 1.04 bits per heavy atom. The van der Waals surface area contributed by atoms with E-state index in [4.69, 9.17) is 14.2 Å². The smallest absolute Gasteiger partial charge is 0.270 e. The van der Waals surface area contributed by atoms with Crippen LogP contribution < -0.4 is 30.6 Å². The molecule has 3 aromatic rings. The van der Waals surface area contributed by atoms with Gasteiger partial charge < -0.3 is 14.2 Å². The first-order valence-electron chi connectivity index (χ1n) is 8.98. The van der Waals surface area contributed by atoms with Gasteiger partial charge in [0.1, 0.15) is 34.5 Å². The number of hydrogen-bond acceptors (Lipinski definition) is 3. The molecular formula is C22H17BO3. The lowest BCUT2D eigenvalue weighted by Crippen LogP contribution is -2.60. The van der Waals surface area contributed by atoms with Crippen LogP contribution in [-0.2, 0) is 0 Å². The molecule has 6 rings (SSSR count). The van der Waals surface area contributed by atoms with Gasteiger partial charge in [-0.3, -0.25) is 0 Å². The molecule has 0 unspecified atom stereocenters. The number of hydrogen-bond donors (Lipinski definition) is 0. The summed E-state index contributed by atoms with van der Waals surface area (Å²) in [4.78, 5) is 0. The predicted molar refractivity (Wildman–Crippen MR) is 103 cm³/mol. The third kappa shape index (κ3) is 1.60. The van der Waals surface area contributed by atoms with Crippen molar-refractivity contribution >= 4 is 23.1 Å². The van der Waals surface area contributed by atoms with Crippen molar-refractivity contribution < 1.29 is 14.2 Å². The molecule has 3 aliphatic rings. The average Bonchev–Trinajstić information content (AvgIpc) is 2.57. The van der Waals surface area contributed by atoms with Crippen molar-refractivity contribution in [3.8, 4) is 34.5 Å². The average molecular weight is 340 g/mol. The highest BCUT2D eigenvalue weighted by Crippen LogP contribution is 2.44. The summed E-state index contributed by atoms with van der Waals surface area (Å²) in [6.45, 7) is 8.49. The zero-order valence-corrected chi connectivity index (χ0v) is 15.2. The third-order valence-corrected chi connectivity index (χ3v) is 5.80. The van der Waals surface area contributed by atoms with Gasteiger partial charge in [-0.15, -0.1) is 0 Å². The molecular weight excluding hydrogens is 323 g/mol.